The summed E-state index contributed by atoms with van der Waals surface area (Å²) in [6, 6.07) is 13.1. The summed E-state index contributed by atoms with van der Waals surface area (Å²) in [5.74, 6) is -0.838. The highest BCUT2D eigenvalue weighted by atomic mass is 35.5. The third-order valence-corrected chi connectivity index (χ3v) is 6.41. The normalized spacial score (nSPS) is 11.6. The first-order valence-corrected chi connectivity index (χ1v) is 12.5. The van der Waals surface area contributed by atoms with Gasteiger partial charge in [-0.2, -0.15) is 0 Å². The molecule has 1 heterocycles. The van der Waals surface area contributed by atoms with Gasteiger partial charge in [0.05, 0.1) is 17.7 Å². The number of hydrogen-bond donors (Lipinski definition) is 3. The minimum atomic E-state index is -0.755. The molecule has 3 N–H and O–H groups in total. The number of anilines is 1. The van der Waals surface area contributed by atoms with E-state index in [2.05, 4.69) is 15.6 Å². The Kier molecular flexibility index (Phi) is 10.8. The maximum atomic E-state index is 13.7. The molecule has 0 spiro atoms. The number of pyridine rings is 1. The van der Waals surface area contributed by atoms with E-state index in [9.17, 15) is 18.8 Å². The zero-order valence-electron chi connectivity index (χ0n) is 21.0. The molecule has 0 radical (unpaired) electrons. The summed E-state index contributed by atoms with van der Waals surface area (Å²) in [4.78, 5) is 43.1. The summed E-state index contributed by atoms with van der Waals surface area (Å²) in [6.07, 6.45) is 1.40. The van der Waals surface area contributed by atoms with Gasteiger partial charge in [0.1, 0.15) is 18.2 Å². The molecule has 2 aromatic carbocycles. The second-order valence-corrected chi connectivity index (χ2v) is 9.00. The van der Waals surface area contributed by atoms with Crippen molar-refractivity contribution < 1.29 is 28.6 Å². The molecule has 0 bridgehead atoms. The van der Waals surface area contributed by atoms with Crippen LogP contribution in [0, 0.1) is 5.82 Å². The summed E-state index contributed by atoms with van der Waals surface area (Å²) in [5, 5.41) is 15.8. The van der Waals surface area contributed by atoms with Crippen LogP contribution in [-0.2, 0) is 20.7 Å². The van der Waals surface area contributed by atoms with Gasteiger partial charge in [-0.1, -0.05) is 48.0 Å². The highest BCUT2D eigenvalue weighted by Crippen LogP contribution is 2.22. The number of amides is 3. The molecule has 1 atom stereocenters. The minimum Gasteiger partial charge on any atom is -0.447 e. The van der Waals surface area contributed by atoms with E-state index >= 15 is 0 Å². The van der Waals surface area contributed by atoms with E-state index in [1.54, 1.807) is 25.4 Å². The lowest BCUT2D eigenvalue weighted by molar-refractivity contribution is -0.133. The molecule has 38 heavy (non-hydrogen) atoms. The predicted molar refractivity (Wildman–Crippen MR) is 142 cm³/mol. The van der Waals surface area contributed by atoms with Gasteiger partial charge < -0.3 is 20.1 Å². The molecular formula is C27H30ClFN4O5. The van der Waals surface area contributed by atoms with Crippen molar-refractivity contribution in [3.05, 3.63) is 71.1 Å². The zero-order chi connectivity index (χ0) is 27.5. The zero-order valence-corrected chi connectivity index (χ0v) is 21.7. The number of aromatic nitrogens is 1. The Morgan fingerprint density at radius 3 is 2.66 bits per heavy atom. The number of carbonyl (C=O) groups excluding carboxylic acids is 3. The molecular weight excluding hydrogens is 515 g/mol. The molecule has 3 aromatic rings. The average Bonchev–Trinajstić information content (AvgIpc) is 2.92. The van der Waals surface area contributed by atoms with Gasteiger partial charge in [0.2, 0.25) is 11.8 Å². The van der Waals surface area contributed by atoms with Crippen molar-refractivity contribution in [2.75, 3.05) is 32.1 Å². The van der Waals surface area contributed by atoms with Crippen molar-refractivity contribution in [2.45, 2.75) is 31.7 Å². The van der Waals surface area contributed by atoms with Gasteiger partial charge in [-0.3, -0.25) is 14.9 Å². The van der Waals surface area contributed by atoms with Crippen LogP contribution in [0.5, 0.6) is 0 Å². The van der Waals surface area contributed by atoms with E-state index in [0.29, 0.717) is 11.4 Å². The average molecular weight is 545 g/mol. The number of fused-ring (bicyclic) bond motifs is 1. The second kappa shape index (κ2) is 14.3. The number of ether oxygens (including phenoxy) is 1. The number of aryl methyl sites for hydroxylation is 1. The fourth-order valence-electron chi connectivity index (χ4n) is 3.80. The van der Waals surface area contributed by atoms with Crippen molar-refractivity contribution in [1.82, 2.24) is 15.2 Å². The SMILES string of the molecule is CN(C(=O)CCc1cccc(F)c1Cl)[C@@H](CCC(=O)NCCO)COC(=O)Nc1cc2ccccc2cn1. The number of nitrogens with one attached hydrogen (secondary N) is 2. The maximum Gasteiger partial charge on any atom is 0.412 e. The van der Waals surface area contributed by atoms with Crippen LogP contribution >= 0.6 is 11.6 Å². The Morgan fingerprint density at radius 2 is 1.89 bits per heavy atom. The van der Waals surface area contributed by atoms with Gasteiger partial charge in [0.15, 0.2) is 0 Å². The molecule has 9 nitrogen and oxygen atoms in total. The summed E-state index contributed by atoms with van der Waals surface area (Å²) < 4.78 is 19.1. The number of benzene rings is 2. The van der Waals surface area contributed by atoms with Gasteiger partial charge in [0.25, 0.3) is 0 Å². The Bertz CT molecular complexity index is 1280. The Labute approximate surface area is 224 Å². The summed E-state index contributed by atoms with van der Waals surface area (Å²) in [5.41, 5.74) is 0.506. The molecule has 0 aliphatic rings. The van der Waals surface area contributed by atoms with Gasteiger partial charge in [0, 0.05) is 38.0 Å². The van der Waals surface area contributed by atoms with Crippen LogP contribution in [0.3, 0.4) is 0 Å². The van der Waals surface area contributed by atoms with Crippen molar-refractivity contribution in [2.24, 2.45) is 0 Å². The first kappa shape index (κ1) is 28.8. The van der Waals surface area contributed by atoms with E-state index < -0.39 is 18.0 Å². The van der Waals surface area contributed by atoms with E-state index in [1.165, 1.54) is 17.0 Å². The smallest absolute Gasteiger partial charge is 0.412 e. The van der Waals surface area contributed by atoms with Crippen LogP contribution in [0.25, 0.3) is 10.8 Å². The van der Waals surface area contributed by atoms with Gasteiger partial charge in [-0.15, -0.1) is 0 Å². The van der Waals surface area contributed by atoms with Crippen molar-refractivity contribution in [3.63, 3.8) is 0 Å². The predicted octanol–water partition coefficient (Wildman–Crippen LogP) is 3.92. The first-order valence-electron chi connectivity index (χ1n) is 12.1. The molecule has 0 fully saturated rings. The highest BCUT2D eigenvalue weighted by Gasteiger charge is 2.23. The van der Waals surface area contributed by atoms with E-state index in [1.807, 2.05) is 24.3 Å². The quantitative estimate of drug-likeness (QED) is 0.318. The van der Waals surface area contributed by atoms with Gasteiger partial charge >= 0.3 is 6.09 Å². The molecule has 11 heteroatoms. The fourth-order valence-corrected chi connectivity index (χ4v) is 4.02. The molecule has 3 amide bonds. The number of aliphatic hydroxyl groups is 1. The first-order chi connectivity index (χ1) is 18.3. The summed E-state index contributed by atoms with van der Waals surface area (Å²) in [6.45, 7) is -0.248. The Hall–Kier alpha value is -3.76. The largest absolute Gasteiger partial charge is 0.447 e. The molecule has 0 saturated carbocycles. The number of aliphatic hydroxyl groups excluding tert-OH is 1. The topological polar surface area (TPSA) is 121 Å². The van der Waals surface area contributed by atoms with Crippen molar-refractivity contribution in [3.8, 4) is 0 Å². The standard InChI is InChI=1S/C27H30ClFN4O5/c1-33(25(36)12-9-18-7-4-8-22(29)26(18)28)21(10-11-24(35)30-13-14-34)17-38-27(37)32-23-15-19-5-2-3-6-20(19)16-31-23/h2-8,15-16,21,34H,9-14,17H2,1H3,(H,30,35)(H,31,32,37)/t21-/m0/s1. The number of hydrogen-bond acceptors (Lipinski definition) is 6. The van der Waals surface area contributed by atoms with Crippen LogP contribution in [-0.4, -0.2) is 65.7 Å². The van der Waals surface area contributed by atoms with Crippen LogP contribution in [0.15, 0.2) is 54.7 Å². The van der Waals surface area contributed by atoms with Crippen LogP contribution in [0.2, 0.25) is 5.02 Å². The molecule has 0 aliphatic heterocycles. The lowest BCUT2D eigenvalue weighted by Gasteiger charge is -2.28. The Morgan fingerprint density at radius 1 is 1.13 bits per heavy atom. The number of carbonyl (C=O) groups is 3. The lowest BCUT2D eigenvalue weighted by Crippen LogP contribution is -2.42. The Balaban J connectivity index is 1.61. The number of halogens is 2. The van der Waals surface area contributed by atoms with Crippen molar-refractivity contribution in [1.29, 1.82) is 0 Å². The van der Waals surface area contributed by atoms with Gasteiger partial charge in [-0.05, 0) is 35.9 Å². The van der Waals surface area contributed by atoms with Crippen LogP contribution < -0.4 is 10.6 Å². The van der Waals surface area contributed by atoms with Crippen LogP contribution in [0.4, 0.5) is 15.0 Å². The van der Waals surface area contributed by atoms with E-state index in [0.717, 1.165) is 10.8 Å². The number of rotatable bonds is 12. The minimum absolute atomic E-state index is 0.0256. The monoisotopic (exact) mass is 544 g/mol. The molecule has 0 aliphatic carbocycles. The van der Waals surface area contributed by atoms with Crippen LogP contribution in [0.1, 0.15) is 24.8 Å². The number of likely N-dealkylation sites (N-methyl/N-ethyl adjacent to an activating group) is 1. The third kappa shape index (κ3) is 8.39. The van der Waals surface area contributed by atoms with E-state index in [4.69, 9.17) is 21.4 Å². The molecule has 202 valence electrons. The second-order valence-electron chi connectivity index (χ2n) is 8.62. The van der Waals surface area contributed by atoms with E-state index in [-0.39, 0.29) is 62.3 Å². The summed E-state index contributed by atoms with van der Waals surface area (Å²) in [7, 11) is 1.55. The summed E-state index contributed by atoms with van der Waals surface area (Å²) >= 11 is 6.00. The molecule has 0 saturated heterocycles. The van der Waals surface area contributed by atoms with Crippen molar-refractivity contribution >= 4 is 46.1 Å². The highest BCUT2D eigenvalue weighted by molar-refractivity contribution is 6.31. The third-order valence-electron chi connectivity index (χ3n) is 5.99. The fraction of sp³-hybridized carbons (Fsp3) is 0.333. The molecule has 1 aromatic heterocycles. The van der Waals surface area contributed by atoms with Gasteiger partial charge in [-0.25, -0.2) is 14.2 Å². The molecule has 0 unspecified atom stereocenters. The molecule has 3 rings (SSSR count). The maximum absolute atomic E-state index is 13.7. The number of nitrogens with zero attached hydrogens (tertiary/aromatic N) is 2. The lowest BCUT2D eigenvalue weighted by atomic mass is 10.1.